The zero-order valence-corrected chi connectivity index (χ0v) is 11.8. The molecule has 2 aromatic heterocycles. The fraction of sp³-hybridized carbons (Fsp3) is 0.200. The van der Waals surface area contributed by atoms with Gasteiger partial charge >= 0.3 is 0 Å². The number of hydrogen-bond acceptors (Lipinski definition) is 4. The van der Waals surface area contributed by atoms with Crippen LogP contribution in [0.3, 0.4) is 0 Å². The van der Waals surface area contributed by atoms with E-state index < -0.39 is 0 Å². The zero-order valence-electron chi connectivity index (χ0n) is 8.89. The van der Waals surface area contributed by atoms with Gasteiger partial charge in [0.05, 0.1) is 15.8 Å². The van der Waals surface area contributed by atoms with E-state index in [2.05, 4.69) is 15.2 Å². The molecule has 0 saturated heterocycles. The van der Waals surface area contributed by atoms with E-state index in [4.69, 9.17) is 11.6 Å². The summed E-state index contributed by atoms with van der Waals surface area (Å²) in [6, 6.07) is 3.38. The lowest BCUT2D eigenvalue weighted by molar-refractivity contribution is 0.672. The van der Waals surface area contributed by atoms with Gasteiger partial charge in [-0.1, -0.05) is 11.6 Å². The maximum absolute atomic E-state index is 11.9. The van der Waals surface area contributed by atoms with Crippen LogP contribution in [0, 0.1) is 10.5 Å². The molecular formula is C10H8ClIN4O. The van der Waals surface area contributed by atoms with Crippen LogP contribution < -0.4 is 5.56 Å². The Labute approximate surface area is 116 Å². The minimum Gasteiger partial charge on any atom is -0.290 e. The highest BCUT2D eigenvalue weighted by molar-refractivity contribution is 14.1. The smallest absolute Gasteiger partial charge is 0.267 e. The van der Waals surface area contributed by atoms with E-state index in [0.29, 0.717) is 26.8 Å². The van der Waals surface area contributed by atoms with Crippen molar-refractivity contribution in [2.24, 2.45) is 0 Å². The molecule has 2 heterocycles. The monoisotopic (exact) mass is 362 g/mol. The van der Waals surface area contributed by atoms with Crippen LogP contribution in [-0.4, -0.2) is 19.7 Å². The van der Waals surface area contributed by atoms with Crippen molar-refractivity contribution in [1.29, 1.82) is 0 Å². The van der Waals surface area contributed by atoms with Gasteiger partial charge in [-0.25, -0.2) is 4.98 Å². The molecule has 0 saturated carbocycles. The Morgan fingerprint density at radius 2 is 2.18 bits per heavy atom. The lowest BCUT2D eigenvalue weighted by Gasteiger charge is -2.08. The average molecular weight is 363 g/mol. The van der Waals surface area contributed by atoms with E-state index in [1.165, 1.54) is 0 Å². The van der Waals surface area contributed by atoms with Crippen LogP contribution >= 0.6 is 34.2 Å². The molecule has 0 aliphatic heterocycles. The topological polar surface area (TPSA) is 60.7 Å². The van der Waals surface area contributed by atoms with Crippen molar-refractivity contribution in [3.05, 3.63) is 48.9 Å². The summed E-state index contributed by atoms with van der Waals surface area (Å²) in [7, 11) is 0. The van der Waals surface area contributed by atoms with Gasteiger partial charge < -0.3 is 0 Å². The van der Waals surface area contributed by atoms with Gasteiger partial charge in [-0.15, -0.1) is 5.10 Å². The normalized spacial score (nSPS) is 10.5. The molecule has 0 fully saturated rings. The van der Waals surface area contributed by atoms with Gasteiger partial charge in [0.2, 0.25) is 0 Å². The summed E-state index contributed by atoms with van der Waals surface area (Å²) in [6.45, 7) is 2.12. The molecule has 88 valence electrons. The molecule has 0 aliphatic carbocycles. The second-order valence-corrected chi connectivity index (χ2v) is 4.94. The van der Waals surface area contributed by atoms with Gasteiger partial charge in [0.25, 0.3) is 5.56 Å². The molecule has 0 atom stereocenters. The van der Waals surface area contributed by atoms with Crippen LogP contribution in [-0.2, 0) is 6.54 Å². The first-order valence-corrected chi connectivity index (χ1v) is 6.23. The Kier molecular flexibility index (Phi) is 3.72. The maximum Gasteiger partial charge on any atom is 0.267 e. The fourth-order valence-corrected chi connectivity index (χ4v) is 1.86. The molecule has 2 rings (SSSR count). The molecule has 0 radical (unpaired) electrons. The van der Waals surface area contributed by atoms with Crippen LogP contribution in [0.5, 0.6) is 0 Å². The van der Waals surface area contributed by atoms with Crippen molar-refractivity contribution in [2.75, 3.05) is 0 Å². The predicted octanol–water partition coefficient (Wildman–Crippen LogP) is 1.65. The van der Waals surface area contributed by atoms with Crippen LogP contribution in [0.1, 0.15) is 11.5 Å². The summed E-state index contributed by atoms with van der Waals surface area (Å²) in [4.78, 5) is 16.0. The van der Waals surface area contributed by atoms with Gasteiger partial charge in [0.15, 0.2) is 5.15 Å². The number of aromatic nitrogens is 4. The van der Waals surface area contributed by atoms with Gasteiger partial charge in [-0.05, 0) is 41.6 Å². The molecule has 5 nitrogen and oxygen atoms in total. The van der Waals surface area contributed by atoms with Crippen molar-refractivity contribution < 1.29 is 0 Å². The average Bonchev–Trinajstić information content (AvgIpc) is 2.32. The second-order valence-electron chi connectivity index (χ2n) is 3.39. The second kappa shape index (κ2) is 5.09. The van der Waals surface area contributed by atoms with Crippen molar-refractivity contribution in [2.45, 2.75) is 13.5 Å². The first-order chi connectivity index (χ1) is 8.08. The summed E-state index contributed by atoms with van der Waals surface area (Å²) in [5.41, 5.74) is 0.596. The van der Waals surface area contributed by atoms with E-state index >= 15 is 0 Å². The lowest BCUT2D eigenvalue weighted by atomic mass is 10.3. The quantitative estimate of drug-likeness (QED) is 0.762. The molecule has 0 bridgehead atoms. The predicted molar refractivity (Wildman–Crippen MR) is 72.1 cm³/mol. The summed E-state index contributed by atoms with van der Waals surface area (Å²) in [5.74, 6) is 0.646. The highest BCUT2D eigenvalue weighted by Crippen LogP contribution is 2.04. The maximum atomic E-state index is 11.9. The Morgan fingerprint density at radius 1 is 1.41 bits per heavy atom. The van der Waals surface area contributed by atoms with Gasteiger partial charge in [0, 0.05) is 6.20 Å². The molecule has 0 amide bonds. The molecule has 17 heavy (non-hydrogen) atoms. The van der Waals surface area contributed by atoms with Crippen molar-refractivity contribution in [3.63, 3.8) is 0 Å². The van der Waals surface area contributed by atoms with E-state index in [9.17, 15) is 4.79 Å². The van der Waals surface area contributed by atoms with Crippen molar-refractivity contribution in [3.8, 4) is 0 Å². The number of hydrogen-bond donors (Lipinski definition) is 0. The van der Waals surface area contributed by atoms with Gasteiger partial charge in [-0.3, -0.25) is 9.36 Å². The molecule has 2 aromatic rings. The number of rotatable bonds is 2. The number of aryl methyl sites for hydroxylation is 1. The number of halogens is 2. The molecule has 0 unspecified atom stereocenters. The standard InChI is InChI=1S/C10H8ClIN4O/c1-6-13-4-8(12)10(17)16(6)5-7-2-3-9(11)15-14-7/h2-4H,5H2,1H3. The van der Waals surface area contributed by atoms with Crippen LogP contribution in [0.4, 0.5) is 0 Å². The summed E-state index contributed by atoms with van der Waals surface area (Å²) >= 11 is 7.61. The SMILES string of the molecule is Cc1ncc(I)c(=O)n1Cc1ccc(Cl)nn1. The van der Waals surface area contributed by atoms with E-state index in [1.807, 2.05) is 22.6 Å². The van der Waals surface area contributed by atoms with Crippen molar-refractivity contribution >= 4 is 34.2 Å². The minimum atomic E-state index is -0.0742. The third-order valence-electron chi connectivity index (χ3n) is 2.21. The molecule has 0 aromatic carbocycles. The minimum absolute atomic E-state index is 0.0742. The Bertz CT molecular complexity index is 596. The molecule has 0 N–H and O–H groups in total. The lowest BCUT2D eigenvalue weighted by Crippen LogP contribution is -2.26. The zero-order chi connectivity index (χ0) is 12.4. The van der Waals surface area contributed by atoms with Gasteiger partial charge in [0.1, 0.15) is 5.82 Å². The third-order valence-corrected chi connectivity index (χ3v) is 3.15. The number of nitrogens with zero attached hydrogens (tertiary/aromatic N) is 4. The van der Waals surface area contributed by atoms with Crippen LogP contribution in [0.25, 0.3) is 0 Å². The molecule has 0 aliphatic rings. The highest BCUT2D eigenvalue weighted by Gasteiger charge is 2.07. The fourth-order valence-electron chi connectivity index (χ4n) is 1.33. The summed E-state index contributed by atoms with van der Waals surface area (Å²) < 4.78 is 2.13. The first kappa shape index (κ1) is 12.4. The molecule has 7 heteroatoms. The third kappa shape index (κ3) is 2.81. The van der Waals surface area contributed by atoms with E-state index in [0.717, 1.165) is 0 Å². The Morgan fingerprint density at radius 3 is 2.82 bits per heavy atom. The summed E-state index contributed by atoms with van der Waals surface area (Å²) in [6.07, 6.45) is 1.56. The molecular weight excluding hydrogens is 354 g/mol. The van der Waals surface area contributed by atoms with Crippen LogP contribution in [0.15, 0.2) is 23.1 Å². The first-order valence-electron chi connectivity index (χ1n) is 4.78. The summed E-state index contributed by atoms with van der Waals surface area (Å²) in [5, 5.41) is 7.98. The van der Waals surface area contributed by atoms with E-state index in [1.54, 1.807) is 29.8 Å². The van der Waals surface area contributed by atoms with Crippen LogP contribution in [0.2, 0.25) is 5.15 Å². The van der Waals surface area contributed by atoms with Crippen molar-refractivity contribution in [1.82, 2.24) is 19.7 Å². The highest BCUT2D eigenvalue weighted by atomic mass is 127. The van der Waals surface area contributed by atoms with E-state index in [-0.39, 0.29) is 5.56 Å². The Hall–Kier alpha value is -1.02. The van der Waals surface area contributed by atoms with Gasteiger partial charge in [-0.2, -0.15) is 5.10 Å². The largest absolute Gasteiger partial charge is 0.290 e. The molecule has 0 spiro atoms. The Balaban J connectivity index is 2.39.